The molecule has 0 aromatic heterocycles. The summed E-state index contributed by atoms with van der Waals surface area (Å²) in [5.74, 6) is 1.30. The molecule has 2 heteroatoms. The van der Waals surface area contributed by atoms with Crippen LogP contribution in [0, 0.1) is 11.8 Å². The number of hydrogen-bond donors (Lipinski definition) is 1. The van der Waals surface area contributed by atoms with E-state index >= 15 is 0 Å². The zero-order chi connectivity index (χ0) is 21.1. The lowest BCUT2D eigenvalue weighted by Crippen LogP contribution is -2.37. The molecule has 0 amide bonds. The summed E-state index contributed by atoms with van der Waals surface area (Å²) in [7, 11) is -1.98. The lowest BCUT2D eigenvalue weighted by molar-refractivity contribution is 0.476. The average molecular weight is 413 g/mol. The van der Waals surface area contributed by atoms with Gasteiger partial charge >= 0.3 is 0 Å². The Labute approximate surface area is 180 Å². The molecule has 0 saturated carbocycles. The van der Waals surface area contributed by atoms with Gasteiger partial charge in [0.1, 0.15) is 0 Å². The highest BCUT2D eigenvalue weighted by atomic mass is 28.4. The third-order valence-electron chi connectivity index (χ3n) is 6.07. The van der Waals surface area contributed by atoms with E-state index in [9.17, 15) is 4.80 Å². The predicted octanol–water partition coefficient (Wildman–Crippen LogP) is 9.50. The van der Waals surface area contributed by atoms with Crippen molar-refractivity contribution in [3.63, 3.8) is 0 Å². The van der Waals surface area contributed by atoms with Gasteiger partial charge in [0.25, 0.3) is 0 Å². The van der Waals surface area contributed by atoms with Crippen LogP contribution in [0.5, 0.6) is 0 Å². The zero-order valence-corrected chi connectivity index (χ0v) is 21.5. The molecule has 1 N–H and O–H groups in total. The molecule has 0 bridgehead atoms. The minimum absolute atomic E-state index is 0.650. The van der Waals surface area contributed by atoms with Gasteiger partial charge in [-0.3, -0.25) is 0 Å². The largest absolute Gasteiger partial charge is 0.432 e. The smallest absolute Gasteiger partial charge is 0.189 e. The van der Waals surface area contributed by atoms with Gasteiger partial charge in [-0.1, -0.05) is 137 Å². The van der Waals surface area contributed by atoms with E-state index in [0.717, 1.165) is 18.1 Å². The Morgan fingerprint density at radius 3 is 1.07 bits per heavy atom. The van der Waals surface area contributed by atoms with Crippen molar-refractivity contribution in [1.82, 2.24) is 0 Å². The molecule has 0 aliphatic rings. The molecule has 1 nitrogen and oxygen atoms in total. The first-order valence-corrected chi connectivity index (χ1v) is 15.7. The van der Waals surface area contributed by atoms with Crippen LogP contribution in [0.2, 0.25) is 18.1 Å². The lowest BCUT2D eigenvalue weighted by Gasteiger charge is -2.29. The van der Waals surface area contributed by atoms with Gasteiger partial charge in [0.05, 0.1) is 0 Å². The maximum Gasteiger partial charge on any atom is 0.189 e. The van der Waals surface area contributed by atoms with Crippen LogP contribution in [0.4, 0.5) is 0 Å². The third-order valence-corrected chi connectivity index (χ3v) is 10.5. The zero-order valence-electron chi connectivity index (χ0n) is 20.5. The second-order valence-corrected chi connectivity index (χ2v) is 14.2. The lowest BCUT2D eigenvalue weighted by atomic mass is 10.0. The third kappa shape index (κ3) is 19.5. The molecule has 0 fully saturated rings. The van der Waals surface area contributed by atoms with Gasteiger partial charge in [0.2, 0.25) is 0 Å². The van der Waals surface area contributed by atoms with Gasteiger partial charge in [0.15, 0.2) is 8.32 Å². The maximum atomic E-state index is 11.1. The minimum Gasteiger partial charge on any atom is -0.432 e. The van der Waals surface area contributed by atoms with Crippen LogP contribution < -0.4 is 0 Å². The van der Waals surface area contributed by atoms with E-state index in [2.05, 4.69) is 34.6 Å². The van der Waals surface area contributed by atoms with Crippen LogP contribution in [0.25, 0.3) is 0 Å². The molecule has 0 heterocycles. The highest BCUT2D eigenvalue weighted by molar-refractivity contribution is 6.72. The second-order valence-electron chi connectivity index (χ2n) is 10.5. The maximum absolute atomic E-state index is 11.1. The van der Waals surface area contributed by atoms with Crippen molar-refractivity contribution >= 4 is 8.32 Å². The monoisotopic (exact) mass is 412 g/mol. The molecule has 0 saturated heterocycles. The summed E-state index contributed by atoms with van der Waals surface area (Å²) in [6.07, 6.45) is 22.7. The second kappa shape index (κ2) is 19.2. The summed E-state index contributed by atoms with van der Waals surface area (Å²) in [6, 6.07) is 3.34. The summed E-state index contributed by atoms with van der Waals surface area (Å²) in [4.78, 5) is 11.1. The number of hydrogen-bond acceptors (Lipinski definition) is 1. The van der Waals surface area contributed by atoms with Crippen molar-refractivity contribution in [3.05, 3.63) is 0 Å². The normalized spacial score (nSPS) is 12.4. The molecule has 0 aliphatic heterocycles. The van der Waals surface area contributed by atoms with Gasteiger partial charge in [-0.2, -0.15) is 0 Å². The van der Waals surface area contributed by atoms with E-state index in [1.807, 2.05) is 0 Å². The average Bonchev–Trinajstić information content (AvgIpc) is 2.60. The SMILES string of the molecule is CCCCCCCCCCCCCCCCCC[Si](O)(CC(C)C)CC(C)C. The number of unbranched alkanes of at least 4 members (excludes halogenated alkanes) is 15. The Bertz CT molecular complexity index is 304. The van der Waals surface area contributed by atoms with Crippen molar-refractivity contribution in [1.29, 1.82) is 0 Å². The van der Waals surface area contributed by atoms with Crippen molar-refractivity contribution in [2.45, 2.75) is 155 Å². The Balaban J connectivity index is 3.44. The van der Waals surface area contributed by atoms with Crippen LogP contribution in [0.15, 0.2) is 0 Å². The van der Waals surface area contributed by atoms with Crippen LogP contribution in [-0.2, 0) is 0 Å². The molecular formula is C26H56OSi. The molecule has 0 aromatic rings. The molecular weight excluding hydrogens is 356 g/mol. The topological polar surface area (TPSA) is 20.2 Å². The summed E-state index contributed by atoms with van der Waals surface area (Å²) < 4.78 is 0. The molecule has 170 valence electrons. The van der Waals surface area contributed by atoms with E-state index < -0.39 is 8.32 Å². The quantitative estimate of drug-likeness (QED) is 0.147. The molecule has 0 radical (unpaired) electrons. The van der Waals surface area contributed by atoms with Crippen LogP contribution in [0.1, 0.15) is 137 Å². The summed E-state index contributed by atoms with van der Waals surface area (Å²) in [5, 5.41) is 0. The van der Waals surface area contributed by atoms with Gasteiger partial charge in [-0.25, -0.2) is 0 Å². The highest BCUT2D eigenvalue weighted by Crippen LogP contribution is 2.28. The van der Waals surface area contributed by atoms with Crippen LogP contribution in [-0.4, -0.2) is 13.1 Å². The van der Waals surface area contributed by atoms with Crippen LogP contribution in [0.3, 0.4) is 0 Å². The first-order valence-electron chi connectivity index (χ1n) is 13.1. The Morgan fingerprint density at radius 1 is 0.500 bits per heavy atom. The molecule has 0 atom stereocenters. The van der Waals surface area contributed by atoms with Gasteiger partial charge in [-0.05, 0) is 30.0 Å². The fourth-order valence-electron chi connectivity index (χ4n) is 4.81. The fraction of sp³-hybridized carbons (Fsp3) is 1.00. The highest BCUT2D eigenvalue weighted by Gasteiger charge is 2.31. The molecule has 0 unspecified atom stereocenters. The van der Waals surface area contributed by atoms with E-state index in [1.165, 1.54) is 103 Å². The fourth-order valence-corrected chi connectivity index (χ4v) is 9.33. The molecule has 0 spiro atoms. The summed E-state index contributed by atoms with van der Waals surface area (Å²) in [6.45, 7) is 11.4. The molecule has 0 aromatic carbocycles. The predicted molar refractivity (Wildman–Crippen MR) is 132 cm³/mol. The van der Waals surface area contributed by atoms with E-state index in [0.29, 0.717) is 11.8 Å². The molecule has 0 rings (SSSR count). The Kier molecular flexibility index (Phi) is 19.3. The summed E-state index contributed by atoms with van der Waals surface area (Å²) in [5.41, 5.74) is 0. The van der Waals surface area contributed by atoms with Gasteiger partial charge in [-0.15, -0.1) is 0 Å². The Hall–Kier alpha value is 0.177. The summed E-state index contributed by atoms with van der Waals surface area (Å²) >= 11 is 0. The first kappa shape index (κ1) is 28.2. The minimum atomic E-state index is -1.98. The van der Waals surface area contributed by atoms with Crippen molar-refractivity contribution < 1.29 is 4.80 Å². The van der Waals surface area contributed by atoms with E-state index in [-0.39, 0.29) is 0 Å². The standard InChI is InChI=1S/C26H56OSi/c1-6-7-8-9-10-11-12-13-14-15-16-17-18-19-20-21-22-28(27,23-25(2)3)24-26(4)5/h25-27H,6-24H2,1-5H3. The van der Waals surface area contributed by atoms with E-state index in [1.54, 1.807) is 0 Å². The molecule has 0 aliphatic carbocycles. The first-order chi connectivity index (χ1) is 13.4. The Morgan fingerprint density at radius 2 is 0.786 bits per heavy atom. The van der Waals surface area contributed by atoms with Gasteiger partial charge in [0, 0.05) is 0 Å². The van der Waals surface area contributed by atoms with Crippen molar-refractivity contribution in [3.8, 4) is 0 Å². The van der Waals surface area contributed by atoms with Crippen molar-refractivity contribution in [2.24, 2.45) is 11.8 Å². The van der Waals surface area contributed by atoms with E-state index in [4.69, 9.17) is 0 Å². The van der Waals surface area contributed by atoms with Crippen LogP contribution >= 0.6 is 0 Å². The molecule has 28 heavy (non-hydrogen) atoms. The number of rotatable bonds is 21. The van der Waals surface area contributed by atoms with Gasteiger partial charge < -0.3 is 4.80 Å². The van der Waals surface area contributed by atoms with Crippen molar-refractivity contribution in [2.75, 3.05) is 0 Å².